The van der Waals surface area contributed by atoms with E-state index in [1.54, 1.807) is 11.3 Å². The normalized spacial score (nSPS) is 26.3. The third-order valence-corrected chi connectivity index (χ3v) is 6.06. The number of nitrogens with two attached hydrogens (primary N) is 1. The number of benzene rings is 1. The molecule has 0 atom stereocenters. The molecule has 112 valence electrons. The number of thiophene rings is 1. The minimum absolute atomic E-state index is 0.00509. The Labute approximate surface area is 129 Å². The topological polar surface area (TPSA) is 55.1 Å². The van der Waals surface area contributed by atoms with Gasteiger partial charge in [0.15, 0.2) is 0 Å². The summed E-state index contributed by atoms with van der Waals surface area (Å²) in [6, 6.07) is 8.20. The van der Waals surface area contributed by atoms with E-state index in [-0.39, 0.29) is 28.8 Å². The van der Waals surface area contributed by atoms with Crippen LogP contribution in [0.2, 0.25) is 0 Å². The maximum absolute atomic E-state index is 12.7. The fraction of sp³-hybridized carbons (Fsp3) is 0.471. The van der Waals surface area contributed by atoms with Gasteiger partial charge in [-0.3, -0.25) is 4.79 Å². The average Bonchev–Trinajstić information content (AvgIpc) is 2.87. The lowest BCUT2D eigenvalue weighted by molar-refractivity contribution is -0.0663. The maximum Gasteiger partial charge on any atom is 0.253 e. The zero-order valence-electron chi connectivity index (χ0n) is 12.9. The van der Waals surface area contributed by atoms with E-state index in [1.165, 1.54) is 0 Å². The van der Waals surface area contributed by atoms with Gasteiger partial charge in [-0.1, -0.05) is 45.9 Å². The molecule has 0 radical (unpaired) electrons. The van der Waals surface area contributed by atoms with E-state index in [2.05, 4.69) is 33.0 Å². The molecular formula is C17H22N2OS. The number of hydrogen-bond acceptors (Lipinski definition) is 3. The van der Waals surface area contributed by atoms with Gasteiger partial charge in [0.25, 0.3) is 5.91 Å². The van der Waals surface area contributed by atoms with E-state index in [4.69, 9.17) is 5.73 Å². The van der Waals surface area contributed by atoms with Gasteiger partial charge >= 0.3 is 0 Å². The van der Waals surface area contributed by atoms with E-state index in [1.807, 2.05) is 29.6 Å². The Morgan fingerprint density at radius 2 is 1.81 bits per heavy atom. The number of hydrogen-bond donors (Lipinski definition) is 2. The predicted octanol–water partition coefficient (Wildman–Crippen LogP) is 3.39. The third-order valence-electron chi connectivity index (χ3n) is 5.09. The summed E-state index contributed by atoms with van der Waals surface area (Å²) >= 11 is 1.61. The molecule has 1 aliphatic carbocycles. The van der Waals surface area contributed by atoms with Crippen molar-refractivity contribution in [2.45, 2.75) is 39.8 Å². The van der Waals surface area contributed by atoms with Crippen LogP contribution in [0.4, 0.5) is 0 Å². The number of amides is 1. The van der Waals surface area contributed by atoms with Crippen molar-refractivity contribution in [2.75, 3.05) is 0 Å². The zero-order valence-corrected chi connectivity index (χ0v) is 13.8. The molecule has 21 heavy (non-hydrogen) atoms. The highest BCUT2D eigenvalue weighted by molar-refractivity contribution is 7.17. The van der Waals surface area contributed by atoms with E-state index >= 15 is 0 Å². The number of carbonyl (C=O) groups is 1. The first kappa shape index (κ1) is 14.5. The standard InChI is InChI=1S/C17H22N2OS/c1-16(2)14(18)17(3,4)15(16)19-13(20)11-9-21-12-8-6-5-7-10(11)12/h5-9,14-15H,18H2,1-4H3,(H,19,20). The first-order valence-electron chi connectivity index (χ1n) is 7.29. The van der Waals surface area contributed by atoms with Gasteiger partial charge in [0.2, 0.25) is 0 Å². The summed E-state index contributed by atoms with van der Waals surface area (Å²) in [6.45, 7) is 8.50. The number of fused-ring (bicyclic) bond motifs is 1. The van der Waals surface area contributed by atoms with Gasteiger partial charge in [0.05, 0.1) is 5.56 Å². The van der Waals surface area contributed by atoms with Gasteiger partial charge in [0, 0.05) is 38.4 Å². The van der Waals surface area contributed by atoms with Crippen LogP contribution in [0.15, 0.2) is 29.6 Å². The van der Waals surface area contributed by atoms with Crippen LogP contribution in [0, 0.1) is 10.8 Å². The lowest BCUT2D eigenvalue weighted by Gasteiger charge is -2.62. The summed E-state index contributed by atoms with van der Waals surface area (Å²) in [5.74, 6) is 0.00509. The second-order valence-electron chi connectivity index (χ2n) is 7.17. The first-order valence-corrected chi connectivity index (χ1v) is 8.17. The van der Waals surface area contributed by atoms with Crippen LogP contribution in [0.1, 0.15) is 38.1 Å². The third kappa shape index (κ3) is 2.00. The molecule has 3 N–H and O–H groups in total. The van der Waals surface area contributed by atoms with Gasteiger partial charge in [-0.25, -0.2) is 0 Å². The van der Waals surface area contributed by atoms with Gasteiger partial charge in [-0.2, -0.15) is 0 Å². The van der Waals surface area contributed by atoms with E-state index in [9.17, 15) is 4.79 Å². The lowest BCUT2D eigenvalue weighted by Crippen LogP contribution is -2.76. The quantitative estimate of drug-likeness (QED) is 0.893. The molecule has 0 aliphatic heterocycles. The summed E-state index contributed by atoms with van der Waals surface area (Å²) < 4.78 is 1.14. The summed E-state index contributed by atoms with van der Waals surface area (Å²) in [5, 5.41) is 6.18. The molecule has 0 unspecified atom stereocenters. The van der Waals surface area contributed by atoms with Crippen molar-refractivity contribution in [1.82, 2.24) is 5.32 Å². The monoisotopic (exact) mass is 302 g/mol. The molecule has 0 saturated heterocycles. The molecule has 0 spiro atoms. The van der Waals surface area contributed by atoms with Gasteiger partial charge in [-0.05, 0) is 6.07 Å². The molecule has 2 aromatic rings. The molecule has 3 nitrogen and oxygen atoms in total. The molecule has 1 saturated carbocycles. The Morgan fingerprint density at radius 1 is 1.19 bits per heavy atom. The van der Waals surface area contributed by atoms with Crippen LogP contribution in [0.5, 0.6) is 0 Å². The van der Waals surface area contributed by atoms with Crippen LogP contribution >= 0.6 is 11.3 Å². The Balaban J connectivity index is 1.87. The van der Waals surface area contributed by atoms with Gasteiger partial charge in [-0.15, -0.1) is 11.3 Å². The van der Waals surface area contributed by atoms with Crippen LogP contribution < -0.4 is 11.1 Å². The maximum atomic E-state index is 12.7. The smallest absolute Gasteiger partial charge is 0.253 e. The lowest BCUT2D eigenvalue weighted by atomic mass is 9.48. The molecule has 1 aromatic heterocycles. The van der Waals surface area contributed by atoms with Crippen LogP contribution in [0.3, 0.4) is 0 Å². The second-order valence-corrected chi connectivity index (χ2v) is 8.08. The molecule has 1 aliphatic rings. The van der Waals surface area contributed by atoms with Crippen molar-refractivity contribution < 1.29 is 4.79 Å². The Hall–Kier alpha value is -1.39. The highest BCUT2D eigenvalue weighted by Crippen LogP contribution is 2.52. The molecule has 1 fully saturated rings. The minimum atomic E-state index is -0.0784. The summed E-state index contributed by atoms with van der Waals surface area (Å²) in [7, 11) is 0. The van der Waals surface area contributed by atoms with Gasteiger partial charge < -0.3 is 11.1 Å². The van der Waals surface area contributed by atoms with Crippen LogP contribution in [-0.2, 0) is 0 Å². The second kappa shape index (κ2) is 4.55. The van der Waals surface area contributed by atoms with E-state index in [0.29, 0.717) is 0 Å². The minimum Gasteiger partial charge on any atom is -0.348 e. The molecule has 1 aromatic carbocycles. The predicted molar refractivity (Wildman–Crippen MR) is 88.6 cm³/mol. The van der Waals surface area contributed by atoms with Crippen LogP contribution in [0.25, 0.3) is 10.1 Å². The summed E-state index contributed by atoms with van der Waals surface area (Å²) in [4.78, 5) is 12.7. The highest BCUT2D eigenvalue weighted by Gasteiger charge is 2.60. The number of carbonyl (C=O) groups excluding carboxylic acids is 1. The van der Waals surface area contributed by atoms with E-state index in [0.717, 1.165) is 15.6 Å². The average molecular weight is 302 g/mol. The van der Waals surface area contributed by atoms with Crippen LogP contribution in [-0.4, -0.2) is 18.0 Å². The fourth-order valence-electron chi connectivity index (χ4n) is 3.91. The Bertz CT molecular complexity index is 686. The van der Waals surface area contributed by atoms with Crippen molar-refractivity contribution in [2.24, 2.45) is 16.6 Å². The zero-order chi connectivity index (χ0) is 15.4. The number of rotatable bonds is 2. The SMILES string of the molecule is CC1(C)C(N)C(C)(C)C1NC(=O)c1csc2ccccc12. The summed E-state index contributed by atoms with van der Waals surface area (Å²) in [5.41, 5.74) is 6.87. The molecule has 1 heterocycles. The Morgan fingerprint density at radius 3 is 2.48 bits per heavy atom. The van der Waals surface area contributed by atoms with E-state index < -0.39 is 0 Å². The van der Waals surface area contributed by atoms with Crippen molar-refractivity contribution in [1.29, 1.82) is 0 Å². The van der Waals surface area contributed by atoms with Crippen molar-refractivity contribution in [3.05, 3.63) is 35.2 Å². The largest absolute Gasteiger partial charge is 0.348 e. The molecular weight excluding hydrogens is 280 g/mol. The fourth-order valence-corrected chi connectivity index (χ4v) is 4.86. The van der Waals surface area contributed by atoms with Crippen molar-refractivity contribution >= 4 is 27.3 Å². The van der Waals surface area contributed by atoms with Gasteiger partial charge in [0.1, 0.15) is 0 Å². The first-order chi connectivity index (χ1) is 9.76. The molecule has 0 bridgehead atoms. The molecule has 3 rings (SSSR count). The van der Waals surface area contributed by atoms with Crippen molar-refractivity contribution in [3.8, 4) is 0 Å². The Kier molecular flexibility index (Phi) is 3.15. The summed E-state index contributed by atoms with van der Waals surface area (Å²) in [6.07, 6.45) is 0. The number of nitrogens with one attached hydrogen (secondary N) is 1. The molecule has 1 amide bonds. The highest BCUT2D eigenvalue weighted by atomic mass is 32.1. The van der Waals surface area contributed by atoms with Crippen molar-refractivity contribution in [3.63, 3.8) is 0 Å². The molecule has 4 heteroatoms.